The fourth-order valence-corrected chi connectivity index (χ4v) is 5.38. The first-order chi connectivity index (χ1) is 22.4. The van der Waals surface area contributed by atoms with Crippen LogP contribution in [0.15, 0.2) is 84.1 Å². The number of likely N-dealkylation sites (tertiary alicyclic amines) is 1. The van der Waals surface area contributed by atoms with Gasteiger partial charge in [-0.25, -0.2) is 28.7 Å². The van der Waals surface area contributed by atoms with Crippen LogP contribution in [-0.2, 0) is 11.3 Å². The third kappa shape index (κ3) is 5.89. The maximum Gasteiger partial charge on any atom is 0.410 e. The van der Waals surface area contributed by atoms with Crippen molar-refractivity contribution in [3.05, 3.63) is 103 Å². The van der Waals surface area contributed by atoms with Gasteiger partial charge in [-0.2, -0.15) is 9.49 Å². The number of nitrogens with one attached hydrogen (secondary N) is 1. The number of rotatable bonds is 7. The molecular formula is C31H25F2N9O4. The minimum absolute atomic E-state index is 0.0211. The number of hydrogen-bond acceptors (Lipinski definition) is 9. The molecule has 0 radical (unpaired) electrons. The summed E-state index contributed by atoms with van der Waals surface area (Å²) in [6.07, 6.45) is 6.74. The van der Waals surface area contributed by atoms with Crippen LogP contribution in [0.3, 0.4) is 0 Å². The lowest BCUT2D eigenvalue weighted by molar-refractivity contribution is 0.0815. The van der Waals surface area contributed by atoms with E-state index in [9.17, 15) is 18.4 Å². The lowest BCUT2D eigenvalue weighted by atomic mass is 10.0. The number of carbonyl (C=O) groups excluding carboxylic acids is 2. The predicted molar refractivity (Wildman–Crippen MR) is 158 cm³/mol. The Morgan fingerprint density at radius 2 is 1.85 bits per heavy atom. The molecule has 6 heterocycles. The number of carbonyl (C=O) groups is 2. The smallest absolute Gasteiger partial charge is 0.410 e. The first-order valence-corrected chi connectivity index (χ1v) is 14.3. The number of nitrogens with zero attached hydrogens (tertiary/aromatic N) is 8. The summed E-state index contributed by atoms with van der Waals surface area (Å²) >= 11 is 0. The van der Waals surface area contributed by atoms with Crippen LogP contribution in [-0.4, -0.2) is 64.3 Å². The van der Waals surface area contributed by atoms with E-state index in [1.54, 1.807) is 47.8 Å². The number of aromatic nitrogens is 7. The zero-order chi connectivity index (χ0) is 31.6. The summed E-state index contributed by atoms with van der Waals surface area (Å²) in [5, 5.41) is 11.2. The molecule has 1 aromatic carbocycles. The van der Waals surface area contributed by atoms with Crippen LogP contribution in [0.2, 0.25) is 0 Å². The maximum absolute atomic E-state index is 13.8. The number of piperidine rings is 1. The van der Waals surface area contributed by atoms with Gasteiger partial charge >= 0.3 is 6.09 Å². The highest BCUT2D eigenvalue weighted by Gasteiger charge is 2.28. The molecule has 2 amide bonds. The van der Waals surface area contributed by atoms with Gasteiger partial charge in [-0.05, 0) is 55.3 Å². The highest BCUT2D eigenvalue weighted by Crippen LogP contribution is 2.35. The predicted octanol–water partition coefficient (Wildman–Crippen LogP) is 5.15. The number of hydrogen-bond donors (Lipinski definition) is 1. The highest BCUT2D eigenvalue weighted by molar-refractivity contribution is 6.03. The Balaban J connectivity index is 1.15. The number of benzene rings is 1. The molecule has 13 nitrogen and oxygen atoms in total. The van der Waals surface area contributed by atoms with Gasteiger partial charge in [0.1, 0.15) is 30.1 Å². The third-order valence-electron chi connectivity index (χ3n) is 7.66. The van der Waals surface area contributed by atoms with Crippen molar-refractivity contribution in [1.29, 1.82) is 0 Å². The summed E-state index contributed by atoms with van der Waals surface area (Å²) in [7, 11) is 0. The third-order valence-corrected chi connectivity index (χ3v) is 7.66. The number of ether oxygens (including phenoxy) is 1. The van der Waals surface area contributed by atoms with Crippen molar-refractivity contribution in [2.75, 3.05) is 18.4 Å². The van der Waals surface area contributed by atoms with Crippen molar-refractivity contribution in [3.8, 4) is 22.6 Å². The van der Waals surface area contributed by atoms with Gasteiger partial charge in [0.25, 0.3) is 5.91 Å². The summed E-state index contributed by atoms with van der Waals surface area (Å²) in [5.74, 6) is -1.46. The summed E-state index contributed by atoms with van der Waals surface area (Å²) in [6.45, 7) is 0.951. The number of pyridine rings is 1. The second-order valence-corrected chi connectivity index (χ2v) is 10.6. The van der Waals surface area contributed by atoms with Gasteiger partial charge in [0.15, 0.2) is 11.5 Å². The number of halogens is 2. The Hall–Kier alpha value is -5.99. The summed E-state index contributed by atoms with van der Waals surface area (Å²) in [6, 6.07) is 13.7. The van der Waals surface area contributed by atoms with Crippen molar-refractivity contribution >= 4 is 23.5 Å². The molecule has 1 aliphatic heterocycles. The molecule has 5 aromatic heterocycles. The van der Waals surface area contributed by atoms with Gasteiger partial charge in [0.05, 0.1) is 23.9 Å². The van der Waals surface area contributed by atoms with Crippen molar-refractivity contribution < 1.29 is 27.6 Å². The molecule has 15 heteroatoms. The Labute approximate surface area is 259 Å². The molecule has 6 aromatic rings. The minimum Gasteiger partial charge on any atom is -0.443 e. The van der Waals surface area contributed by atoms with E-state index in [-0.39, 0.29) is 29.8 Å². The normalized spacial score (nSPS) is 13.7. The fraction of sp³-hybridized carbons (Fsp3) is 0.194. The molecular weight excluding hydrogens is 600 g/mol. The van der Waals surface area contributed by atoms with Crippen LogP contribution in [0.25, 0.3) is 28.3 Å². The molecule has 0 spiro atoms. The molecule has 46 heavy (non-hydrogen) atoms. The SMILES string of the molecule is O=C(Nc1cn2nc(-c3c(-c4ccc(F)cc4)ncn3C3CCN(C(=O)OCc4ccon4)CC3)ccc2n1)c1ccnc(F)c1. The average molecular weight is 626 g/mol. The van der Waals surface area contributed by atoms with E-state index in [1.165, 1.54) is 35.2 Å². The van der Waals surface area contributed by atoms with E-state index in [0.29, 0.717) is 59.9 Å². The van der Waals surface area contributed by atoms with Crippen molar-refractivity contribution in [2.45, 2.75) is 25.5 Å². The second kappa shape index (κ2) is 12.2. The minimum atomic E-state index is -0.768. The molecule has 1 saturated heterocycles. The maximum atomic E-state index is 13.8. The highest BCUT2D eigenvalue weighted by atomic mass is 19.1. The molecule has 1 N–H and O–H groups in total. The van der Waals surface area contributed by atoms with E-state index in [2.05, 4.69) is 20.4 Å². The van der Waals surface area contributed by atoms with Crippen LogP contribution in [0.5, 0.6) is 0 Å². The topological polar surface area (TPSA) is 146 Å². The van der Waals surface area contributed by atoms with E-state index in [1.807, 2.05) is 4.57 Å². The van der Waals surface area contributed by atoms with Crippen LogP contribution in [0.1, 0.15) is 34.9 Å². The van der Waals surface area contributed by atoms with E-state index in [4.69, 9.17) is 19.3 Å². The van der Waals surface area contributed by atoms with Gasteiger partial charge in [0, 0.05) is 48.6 Å². The second-order valence-electron chi connectivity index (χ2n) is 10.6. The summed E-state index contributed by atoms with van der Waals surface area (Å²) < 4.78 is 41.0. The quantitative estimate of drug-likeness (QED) is 0.238. The van der Waals surface area contributed by atoms with Crippen LogP contribution in [0.4, 0.5) is 19.4 Å². The molecule has 0 saturated carbocycles. The van der Waals surface area contributed by atoms with Gasteiger partial charge in [-0.15, -0.1) is 0 Å². The number of fused-ring (bicyclic) bond motifs is 1. The van der Waals surface area contributed by atoms with E-state index in [0.717, 1.165) is 6.07 Å². The van der Waals surface area contributed by atoms with Gasteiger partial charge in [-0.1, -0.05) is 5.16 Å². The monoisotopic (exact) mass is 625 g/mol. The Morgan fingerprint density at radius 1 is 1.02 bits per heavy atom. The molecule has 232 valence electrons. The zero-order valence-corrected chi connectivity index (χ0v) is 24.1. The molecule has 1 fully saturated rings. The van der Waals surface area contributed by atoms with Gasteiger partial charge in [0.2, 0.25) is 5.95 Å². The lowest BCUT2D eigenvalue weighted by Crippen LogP contribution is -2.39. The van der Waals surface area contributed by atoms with Gasteiger partial charge < -0.3 is 24.0 Å². The van der Waals surface area contributed by atoms with Crippen molar-refractivity contribution in [3.63, 3.8) is 0 Å². The van der Waals surface area contributed by atoms with E-state index < -0.39 is 17.9 Å². The Bertz CT molecular complexity index is 2020. The number of anilines is 1. The molecule has 1 aliphatic rings. The number of amides is 2. The van der Waals surface area contributed by atoms with Crippen molar-refractivity contribution in [2.24, 2.45) is 0 Å². The first kappa shape index (κ1) is 28.8. The summed E-state index contributed by atoms with van der Waals surface area (Å²) in [5.41, 5.74) is 3.66. The van der Waals surface area contributed by atoms with Crippen LogP contribution in [0, 0.1) is 11.8 Å². The number of imidazole rings is 2. The molecule has 0 atom stereocenters. The Morgan fingerprint density at radius 3 is 2.61 bits per heavy atom. The van der Waals surface area contributed by atoms with E-state index >= 15 is 0 Å². The largest absolute Gasteiger partial charge is 0.443 e. The average Bonchev–Trinajstić information content (AvgIpc) is 3.84. The zero-order valence-electron chi connectivity index (χ0n) is 24.1. The first-order valence-electron chi connectivity index (χ1n) is 14.3. The summed E-state index contributed by atoms with van der Waals surface area (Å²) in [4.78, 5) is 39.6. The lowest BCUT2D eigenvalue weighted by Gasteiger charge is -2.32. The van der Waals surface area contributed by atoms with Crippen LogP contribution < -0.4 is 5.32 Å². The molecule has 7 rings (SSSR count). The molecule has 0 aliphatic carbocycles. The van der Waals surface area contributed by atoms with Gasteiger partial charge in [-0.3, -0.25) is 4.79 Å². The fourth-order valence-electron chi connectivity index (χ4n) is 5.38. The molecule has 0 unspecified atom stereocenters. The molecule has 0 bridgehead atoms. The van der Waals surface area contributed by atoms with Crippen molar-refractivity contribution in [1.82, 2.24) is 39.2 Å². The standard InChI is InChI=1S/C31H25F2N9O4/c32-21-3-1-19(2-4-21)28-29(41(18-35-28)23-8-12-40(13-9-23)31(44)45-17-22-10-14-46-39-22)24-5-6-27-36-26(16-42(27)38-24)37-30(43)20-7-11-34-25(33)15-20/h1-7,10-11,14-16,18,23H,8-9,12-13,17H2,(H,37,43). The Kier molecular flexibility index (Phi) is 7.62. The van der Waals surface area contributed by atoms with Crippen LogP contribution >= 0.6 is 0 Å².